The molecule has 98 valence electrons. The lowest BCUT2D eigenvalue weighted by Crippen LogP contribution is -2.04. The summed E-state index contributed by atoms with van der Waals surface area (Å²) in [7, 11) is 0. The minimum atomic E-state index is -4.36. The van der Waals surface area contributed by atoms with E-state index in [-0.39, 0.29) is 5.02 Å². The fourth-order valence-corrected chi connectivity index (χ4v) is 1.27. The van der Waals surface area contributed by atoms with Crippen LogP contribution in [-0.2, 0) is 6.18 Å². The molecule has 1 rings (SSSR count). The first-order valence-electron chi connectivity index (χ1n) is 5.15. The van der Waals surface area contributed by atoms with Crippen molar-refractivity contribution in [3.8, 4) is 0 Å². The molecule has 0 saturated carbocycles. The van der Waals surface area contributed by atoms with Crippen molar-refractivity contribution in [2.75, 3.05) is 5.88 Å². The van der Waals surface area contributed by atoms with Gasteiger partial charge in [0.25, 0.3) is 0 Å². The van der Waals surface area contributed by atoms with E-state index in [4.69, 9.17) is 23.2 Å². The van der Waals surface area contributed by atoms with Gasteiger partial charge < -0.3 is 0 Å². The lowest BCUT2D eigenvalue weighted by molar-refractivity contribution is -0.137. The molecule has 1 nitrogen and oxygen atoms in total. The van der Waals surface area contributed by atoms with Crippen molar-refractivity contribution in [1.29, 1.82) is 0 Å². The molecule has 17 heavy (non-hydrogen) atoms. The minimum Gasteiger partial charge on any atom is -0.263 e. The van der Waals surface area contributed by atoms with Gasteiger partial charge in [-0.1, -0.05) is 31.4 Å². The highest BCUT2D eigenvalue weighted by Gasteiger charge is 2.30. The Balaban J connectivity index is 0.000000366. The summed E-state index contributed by atoms with van der Waals surface area (Å²) in [6.07, 6.45) is 1.24. The summed E-state index contributed by atoms with van der Waals surface area (Å²) in [5, 5.41) is -0.0141. The predicted octanol–water partition coefficient (Wildman–Crippen LogP) is 5.17. The van der Waals surface area contributed by atoms with E-state index < -0.39 is 11.7 Å². The average molecular weight is 288 g/mol. The normalized spacial score (nSPS) is 10.7. The molecule has 0 aliphatic rings. The van der Waals surface area contributed by atoms with Crippen LogP contribution in [-0.4, -0.2) is 10.9 Å². The molecule has 0 fully saturated rings. The highest BCUT2D eigenvalue weighted by atomic mass is 35.5. The largest absolute Gasteiger partial charge is 0.417 e. The molecule has 0 radical (unpaired) electrons. The number of alkyl halides is 4. The van der Waals surface area contributed by atoms with Gasteiger partial charge in [0.15, 0.2) is 0 Å². The van der Waals surface area contributed by atoms with E-state index >= 15 is 0 Å². The van der Waals surface area contributed by atoms with Crippen LogP contribution in [0.15, 0.2) is 18.5 Å². The number of nitrogens with zero attached hydrogens (tertiary/aromatic N) is 1. The Bertz CT molecular complexity index is 312. The first-order valence-corrected chi connectivity index (χ1v) is 6.06. The highest BCUT2D eigenvalue weighted by molar-refractivity contribution is 6.30. The third-order valence-electron chi connectivity index (χ3n) is 1.77. The molecule has 1 aromatic rings. The lowest BCUT2D eigenvalue weighted by atomic mass is 10.3. The van der Waals surface area contributed by atoms with Crippen molar-refractivity contribution in [3.05, 3.63) is 29.0 Å². The molecular weight excluding hydrogens is 274 g/mol. The van der Waals surface area contributed by atoms with Crippen LogP contribution in [0, 0.1) is 0 Å². The van der Waals surface area contributed by atoms with Gasteiger partial charge in [-0.05, 0) is 12.5 Å². The number of hydrogen-bond donors (Lipinski definition) is 0. The third-order valence-corrected chi connectivity index (χ3v) is 2.24. The van der Waals surface area contributed by atoms with Gasteiger partial charge in [-0.2, -0.15) is 13.2 Å². The predicted molar refractivity (Wildman–Crippen MR) is 64.5 cm³/mol. The Kier molecular flexibility index (Phi) is 8.35. The zero-order valence-corrected chi connectivity index (χ0v) is 10.9. The molecule has 1 heterocycles. The van der Waals surface area contributed by atoms with E-state index in [9.17, 15) is 13.2 Å². The van der Waals surface area contributed by atoms with Gasteiger partial charge in [-0.3, -0.25) is 4.98 Å². The molecule has 0 aliphatic carbocycles. The second-order valence-electron chi connectivity index (χ2n) is 3.29. The summed E-state index contributed by atoms with van der Waals surface area (Å²) in [6, 6.07) is 0.828. The Labute approximate surface area is 109 Å². The first-order chi connectivity index (χ1) is 7.91. The van der Waals surface area contributed by atoms with Crippen molar-refractivity contribution in [2.45, 2.75) is 32.4 Å². The molecule has 0 aliphatic heterocycles. The maximum atomic E-state index is 11.9. The zero-order chi connectivity index (χ0) is 13.3. The number of hydrogen-bond acceptors (Lipinski definition) is 1. The molecule has 0 unspecified atom stereocenters. The van der Waals surface area contributed by atoms with Gasteiger partial charge in [0.05, 0.1) is 10.6 Å². The second-order valence-corrected chi connectivity index (χ2v) is 4.10. The Hall–Kier alpha value is -0.480. The van der Waals surface area contributed by atoms with Gasteiger partial charge in [0, 0.05) is 18.3 Å². The highest BCUT2D eigenvalue weighted by Crippen LogP contribution is 2.29. The fraction of sp³-hybridized carbons (Fsp3) is 0.545. The quantitative estimate of drug-likeness (QED) is 0.552. The van der Waals surface area contributed by atoms with Crippen LogP contribution in [0.5, 0.6) is 0 Å². The Morgan fingerprint density at radius 2 is 1.88 bits per heavy atom. The Morgan fingerprint density at radius 1 is 1.24 bits per heavy atom. The molecule has 0 aromatic carbocycles. The van der Waals surface area contributed by atoms with Crippen LogP contribution < -0.4 is 0 Å². The summed E-state index contributed by atoms with van der Waals surface area (Å²) >= 11 is 10.7. The van der Waals surface area contributed by atoms with Gasteiger partial charge in [-0.15, -0.1) is 11.6 Å². The maximum Gasteiger partial charge on any atom is 0.417 e. The fourth-order valence-electron chi connectivity index (χ4n) is 0.911. The smallest absolute Gasteiger partial charge is 0.263 e. The number of aromatic nitrogens is 1. The number of unbranched alkanes of at least 4 members (excludes halogenated alkanes) is 2. The van der Waals surface area contributed by atoms with Crippen molar-refractivity contribution >= 4 is 23.2 Å². The van der Waals surface area contributed by atoms with E-state index in [0.717, 1.165) is 24.3 Å². The average Bonchev–Trinajstić information content (AvgIpc) is 2.26. The standard InChI is InChI=1S/C6H3ClF3N.C5H11Cl/c7-5-1-4(2-11-3-5)6(8,9)10;1-2-3-4-5-6/h1-3H;2-5H2,1H3. The van der Waals surface area contributed by atoms with Gasteiger partial charge >= 0.3 is 6.18 Å². The molecule has 6 heteroatoms. The lowest BCUT2D eigenvalue weighted by Gasteiger charge is -2.04. The summed E-state index contributed by atoms with van der Waals surface area (Å²) in [4.78, 5) is 3.30. The van der Waals surface area contributed by atoms with Crippen LogP contribution >= 0.6 is 23.2 Å². The van der Waals surface area contributed by atoms with Crippen LogP contribution in [0.25, 0.3) is 0 Å². The van der Waals surface area contributed by atoms with Crippen molar-refractivity contribution < 1.29 is 13.2 Å². The van der Waals surface area contributed by atoms with E-state index in [0.29, 0.717) is 0 Å². The first kappa shape index (κ1) is 16.5. The monoisotopic (exact) mass is 287 g/mol. The maximum absolute atomic E-state index is 11.9. The molecule has 0 saturated heterocycles. The molecule has 1 aromatic heterocycles. The van der Waals surface area contributed by atoms with Gasteiger partial charge in [0.1, 0.15) is 0 Å². The van der Waals surface area contributed by atoms with Gasteiger partial charge in [-0.25, -0.2) is 0 Å². The molecular formula is C11H14Cl2F3N. The van der Waals surface area contributed by atoms with Crippen LogP contribution in [0.2, 0.25) is 5.02 Å². The van der Waals surface area contributed by atoms with Crippen molar-refractivity contribution in [1.82, 2.24) is 4.98 Å². The molecule has 0 amide bonds. The summed E-state index contributed by atoms with van der Waals surface area (Å²) in [5.41, 5.74) is -0.829. The summed E-state index contributed by atoms with van der Waals surface area (Å²) in [5.74, 6) is 0.827. The molecule has 0 bridgehead atoms. The third kappa shape index (κ3) is 8.27. The summed E-state index contributed by atoms with van der Waals surface area (Å²) in [6.45, 7) is 2.17. The van der Waals surface area contributed by atoms with Gasteiger partial charge in [0.2, 0.25) is 0 Å². The van der Waals surface area contributed by atoms with Crippen LogP contribution in [0.4, 0.5) is 13.2 Å². The minimum absolute atomic E-state index is 0.0141. The van der Waals surface area contributed by atoms with Crippen molar-refractivity contribution in [2.24, 2.45) is 0 Å². The number of halogens is 5. The number of pyridine rings is 1. The topological polar surface area (TPSA) is 12.9 Å². The second kappa shape index (κ2) is 8.59. The molecule has 0 N–H and O–H groups in total. The van der Waals surface area contributed by atoms with E-state index in [1.54, 1.807) is 0 Å². The SMILES string of the molecule is CCCCCCl.FC(F)(F)c1cncc(Cl)c1. The summed E-state index contributed by atoms with van der Waals surface area (Å²) < 4.78 is 35.6. The van der Waals surface area contributed by atoms with E-state index in [1.807, 2.05) is 0 Å². The molecule has 0 atom stereocenters. The Morgan fingerprint density at radius 3 is 2.18 bits per heavy atom. The van der Waals surface area contributed by atoms with Crippen LogP contribution in [0.3, 0.4) is 0 Å². The zero-order valence-electron chi connectivity index (χ0n) is 9.40. The molecule has 0 spiro atoms. The van der Waals surface area contributed by atoms with E-state index in [1.165, 1.54) is 19.3 Å². The van der Waals surface area contributed by atoms with E-state index in [2.05, 4.69) is 11.9 Å². The van der Waals surface area contributed by atoms with Crippen molar-refractivity contribution in [3.63, 3.8) is 0 Å². The number of rotatable bonds is 3. The van der Waals surface area contributed by atoms with Crippen LogP contribution in [0.1, 0.15) is 31.7 Å².